The van der Waals surface area contributed by atoms with Crippen LogP contribution in [0.5, 0.6) is 0 Å². The van der Waals surface area contributed by atoms with E-state index < -0.39 is 5.79 Å². The van der Waals surface area contributed by atoms with Crippen LogP contribution in [0.3, 0.4) is 0 Å². The molecule has 2 saturated heterocycles. The smallest absolute Gasteiger partial charge is 0.272 e. The molecular weight excluding hydrogens is 336 g/mol. The molecule has 0 unspecified atom stereocenters. The van der Waals surface area contributed by atoms with Gasteiger partial charge in [-0.25, -0.2) is 0 Å². The third kappa shape index (κ3) is 4.38. The van der Waals surface area contributed by atoms with Gasteiger partial charge in [-0.3, -0.25) is 14.6 Å². The number of aromatic nitrogens is 1. The van der Waals surface area contributed by atoms with Gasteiger partial charge in [0.05, 0.1) is 13.2 Å². The summed E-state index contributed by atoms with van der Waals surface area (Å²) in [4.78, 5) is 32.8. The Balaban J connectivity index is 1.59. The zero-order valence-corrected chi connectivity index (χ0v) is 15.4. The van der Waals surface area contributed by atoms with Crippen LogP contribution in [0, 0.1) is 0 Å². The van der Waals surface area contributed by atoms with Crippen molar-refractivity contribution in [3.8, 4) is 0 Å². The normalized spacial score (nSPS) is 19.1. The van der Waals surface area contributed by atoms with Gasteiger partial charge in [-0.05, 0) is 26.2 Å². The number of ether oxygens (including phenoxy) is 2. The van der Waals surface area contributed by atoms with E-state index in [1.165, 1.54) is 6.20 Å². The van der Waals surface area contributed by atoms with Crippen molar-refractivity contribution in [3.05, 3.63) is 29.6 Å². The number of likely N-dealkylation sites (tertiary alicyclic amines) is 1. The van der Waals surface area contributed by atoms with Crippen LogP contribution < -0.4 is 5.32 Å². The third-order valence-corrected chi connectivity index (χ3v) is 4.71. The molecule has 26 heavy (non-hydrogen) atoms. The van der Waals surface area contributed by atoms with Gasteiger partial charge in [0, 0.05) is 50.8 Å². The number of carbonyl (C=O) groups excluding carboxylic acids is 2. The average Bonchev–Trinajstić information content (AvgIpc) is 3.09. The number of hydrogen-bond donors (Lipinski definition) is 1. The molecular formula is C18H26N4O4. The summed E-state index contributed by atoms with van der Waals surface area (Å²) in [5.74, 6) is -0.882. The number of amides is 2. The Labute approximate surface area is 153 Å². The Kier molecular flexibility index (Phi) is 5.85. The molecule has 0 radical (unpaired) electrons. The van der Waals surface area contributed by atoms with Crippen molar-refractivity contribution in [2.75, 3.05) is 53.5 Å². The zero-order valence-electron chi connectivity index (χ0n) is 15.4. The van der Waals surface area contributed by atoms with E-state index in [1.54, 1.807) is 17.0 Å². The fourth-order valence-electron chi connectivity index (χ4n) is 3.18. The van der Waals surface area contributed by atoms with Crippen LogP contribution in [0.2, 0.25) is 0 Å². The molecule has 2 aliphatic rings. The highest BCUT2D eigenvalue weighted by atomic mass is 16.7. The van der Waals surface area contributed by atoms with Gasteiger partial charge in [-0.15, -0.1) is 0 Å². The Hall–Kier alpha value is -2.03. The largest absolute Gasteiger partial charge is 0.351 e. The molecule has 8 heteroatoms. The molecule has 1 N–H and O–H groups in total. The van der Waals surface area contributed by atoms with Gasteiger partial charge < -0.3 is 24.6 Å². The summed E-state index contributed by atoms with van der Waals surface area (Å²) in [6.45, 7) is 3.63. The third-order valence-electron chi connectivity index (χ3n) is 4.71. The van der Waals surface area contributed by atoms with Crippen molar-refractivity contribution in [1.29, 1.82) is 0 Å². The molecule has 0 aliphatic carbocycles. The Morgan fingerprint density at radius 3 is 2.62 bits per heavy atom. The average molecular weight is 362 g/mol. The predicted octanol–water partition coefficient (Wildman–Crippen LogP) is 0.352. The van der Waals surface area contributed by atoms with Gasteiger partial charge in [0.2, 0.25) is 0 Å². The molecule has 2 amide bonds. The van der Waals surface area contributed by atoms with Gasteiger partial charge in [0.15, 0.2) is 5.79 Å². The monoisotopic (exact) mass is 362 g/mol. The number of carbonyl (C=O) groups is 2. The van der Waals surface area contributed by atoms with E-state index in [-0.39, 0.29) is 17.5 Å². The minimum atomic E-state index is -0.515. The summed E-state index contributed by atoms with van der Waals surface area (Å²) in [7, 11) is 3.89. The molecule has 1 aromatic heterocycles. The molecule has 142 valence electrons. The van der Waals surface area contributed by atoms with Crippen LogP contribution in [0.1, 0.15) is 33.7 Å². The Morgan fingerprint density at radius 1 is 1.27 bits per heavy atom. The first-order valence-corrected chi connectivity index (χ1v) is 8.95. The number of piperidine rings is 1. The van der Waals surface area contributed by atoms with Crippen LogP contribution >= 0.6 is 0 Å². The fourth-order valence-corrected chi connectivity index (χ4v) is 3.18. The van der Waals surface area contributed by atoms with E-state index in [0.717, 1.165) is 6.54 Å². The SMILES string of the molecule is CN(C)CCNC(=O)c1ccnc(C(=O)N2CCC3(CC2)OCCO3)c1. The number of pyridine rings is 1. The van der Waals surface area contributed by atoms with Gasteiger partial charge in [0.25, 0.3) is 11.8 Å². The molecule has 1 aromatic rings. The lowest BCUT2D eigenvalue weighted by Gasteiger charge is -2.37. The first-order valence-electron chi connectivity index (χ1n) is 8.95. The molecule has 0 bridgehead atoms. The second-order valence-corrected chi connectivity index (χ2v) is 6.89. The molecule has 2 aliphatic heterocycles. The lowest BCUT2D eigenvalue weighted by atomic mass is 10.0. The van der Waals surface area contributed by atoms with Crippen molar-refractivity contribution in [1.82, 2.24) is 20.1 Å². The highest BCUT2D eigenvalue weighted by Crippen LogP contribution is 2.31. The van der Waals surface area contributed by atoms with E-state index in [2.05, 4.69) is 10.3 Å². The van der Waals surface area contributed by atoms with Gasteiger partial charge in [-0.2, -0.15) is 0 Å². The number of nitrogens with zero attached hydrogens (tertiary/aromatic N) is 3. The standard InChI is InChI=1S/C18H26N4O4/c1-21(2)10-7-20-16(23)14-3-6-19-15(13-14)17(24)22-8-4-18(5-9-22)25-11-12-26-18/h3,6,13H,4-5,7-12H2,1-2H3,(H,20,23). The van der Waals surface area contributed by atoms with Crippen molar-refractivity contribution in [2.45, 2.75) is 18.6 Å². The quantitative estimate of drug-likeness (QED) is 0.814. The van der Waals surface area contributed by atoms with Crippen molar-refractivity contribution >= 4 is 11.8 Å². The number of rotatable bonds is 5. The minimum Gasteiger partial charge on any atom is -0.351 e. The van der Waals surface area contributed by atoms with Crippen LogP contribution in [0.4, 0.5) is 0 Å². The molecule has 1 spiro atoms. The highest BCUT2D eigenvalue weighted by Gasteiger charge is 2.41. The number of nitrogens with one attached hydrogen (secondary N) is 1. The Bertz CT molecular complexity index is 648. The van der Waals surface area contributed by atoms with Crippen molar-refractivity contribution < 1.29 is 19.1 Å². The maximum atomic E-state index is 12.7. The highest BCUT2D eigenvalue weighted by molar-refractivity contribution is 5.98. The minimum absolute atomic E-state index is 0.166. The first kappa shape index (κ1) is 18.8. The number of likely N-dealkylation sites (N-methyl/N-ethyl adjacent to an activating group) is 1. The molecule has 0 atom stereocenters. The molecule has 2 fully saturated rings. The van der Waals surface area contributed by atoms with Crippen molar-refractivity contribution in [2.24, 2.45) is 0 Å². The number of hydrogen-bond acceptors (Lipinski definition) is 6. The topological polar surface area (TPSA) is 84.0 Å². The van der Waals surface area contributed by atoms with Crippen LogP contribution in [0.15, 0.2) is 18.3 Å². The molecule has 0 saturated carbocycles. The van der Waals surface area contributed by atoms with E-state index in [1.807, 2.05) is 19.0 Å². The zero-order chi connectivity index (χ0) is 18.6. The second-order valence-electron chi connectivity index (χ2n) is 6.89. The molecule has 3 rings (SSSR count). The first-order chi connectivity index (χ1) is 12.5. The Morgan fingerprint density at radius 2 is 1.96 bits per heavy atom. The fraction of sp³-hybridized carbons (Fsp3) is 0.611. The maximum Gasteiger partial charge on any atom is 0.272 e. The van der Waals surface area contributed by atoms with E-state index >= 15 is 0 Å². The van der Waals surface area contributed by atoms with E-state index in [0.29, 0.717) is 51.3 Å². The van der Waals surface area contributed by atoms with Gasteiger partial charge >= 0.3 is 0 Å². The van der Waals surface area contributed by atoms with E-state index in [9.17, 15) is 9.59 Å². The summed E-state index contributed by atoms with van der Waals surface area (Å²) in [5, 5.41) is 2.84. The van der Waals surface area contributed by atoms with Crippen molar-refractivity contribution in [3.63, 3.8) is 0 Å². The molecule has 0 aromatic carbocycles. The summed E-state index contributed by atoms with van der Waals surface area (Å²) in [6, 6.07) is 3.17. The molecule has 3 heterocycles. The lowest BCUT2D eigenvalue weighted by molar-refractivity contribution is -0.181. The summed E-state index contributed by atoms with van der Waals surface area (Å²) < 4.78 is 11.4. The van der Waals surface area contributed by atoms with Gasteiger partial charge in [-0.1, -0.05) is 0 Å². The van der Waals surface area contributed by atoms with E-state index in [4.69, 9.17) is 9.47 Å². The molecule has 8 nitrogen and oxygen atoms in total. The summed E-state index contributed by atoms with van der Waals surface area (Å²) >= 11 is 0. The van der Waals surface area contributed by atoms with Crippen LogP contribution in [0.25, 0.3) is 0 Å². The lowest BCUT2D eigenvalue weighted by Crippen LogP contribution is -2.47. The van der Waals surface area contributed by atoms with Crippen LogP contribution in [-0.4, -0.2) is 85.9 Å². The second kappa shape index (κ2) is 8.11. The summed E-state index contributed by atoms with van der Waals surface area (Å²) in [5.41, 5.74) is 0.729. The van der Waals surface area contributed by atoms with Gasteiger partial charge in [0.1, 0.15) is 5.69 Å². The summed E-state index contributed by atoms with van der Waals surface area (Å²) in [6.07, 6.45) is 2.82. The van der Waals surface area contributed by atoms with Crippen LogP contribution in [-0.2, 0) is 9.47 Å². The maximum absolute atomic E-state index is 12.7. The predicted molar refractivity (Wildman–Crippen MR) is 94.9 cm³/mol.